The van der Waals surface area contributed by atoms with E-state index in [1.165, 1.54) is 0 Å². The third-order valence-electron chi connectivity index (χ3n) is 4.73. The van der Waals surface area contributed by atoms with Crippen molar-refractivity contribution in [3.05, 3.63) is 24.0 Å². The van der Waals surface area contributed by atoms with Gasteiger partial charge >= 0.3 is 5.97 Å². The fraction of sp³-hybridized carbons (Fsp3) is 0.471. The molecule has 0 aliphatic carbocycles. The predicted molar refractivity (Wildman–Crippen MR) is 90.4 cm³/mol. The molecule has 9 heteroatoms. The molecule has 3 rings (SSSR count). The van der Waals surface area contributed by atoms with Crippen LogP contribution >= 0.6 is 0 Å². The van der Waals surface area contributed by atoms with E-state index in [1.807, 2.05) is 4.90 Å². The molecule has 138 valence electrons. The van der Waals surface area contributed by atoms with Gasteiger partial charge in [-0.15, -0.1) is 0 Å². The number of amides is 3. The summed E-state index contributed by atoms with van der Waals surface area (Å²) in [6.45, 7) is 1.25. The molecule has 0 radical (unpaired) electrons. The monoisotopic (exact) mass is 360 g/mol. The minimum atomic E-state index is -0.761. The fourth-order valence-corrected chi connectivity index (χ4v) is 3.16. The number of carboxylic acids is 1. The maximum atomic E-state index is 12.2. The number of nitrogens with zero attached hydrogens (tertiary/aromatic N) is 2. The summed E-state index contributed by atoms with van der Waals surface area (Å²) in [6, 6.07) is 2.59. The van der Waals surface area contributed by atoms with Crippen molar-refractivity contribution in [2.45, 2.75) is 31.7 Å². The van der Waals surface area contributed by atoms with Crippen LogP contribution in [0.25, 0.3) is 0 Å². The Labute approximate surface area is 149 Å². The van der Waals surface area contributed by atoms with E-state index in [1.54, 1.807) is 18.3 Å². The first-order valence-electron chi connectivity index (χ1n) is 8.52. The number of piperidine rings is 2. The fourth-order valence-electron chi connectivity index (χ4n) is 3.16. The van der Waals surface area contributed by atoms with E-state index in [0.29, 0.717) is 25.9 Å². The van der Waals surface area contributed by atoms with E-state index in [9.17, 15) is 19.2 Å². The third-order valence-corrected chi connectivity index (χ3v) is 4.73. The van der Waals surface area contributed by atoms with Crippen LogP contribution in [0, 0.1) is 5.92 Å². The van der Waals surface area contributed by atoms with Crippen molar-refractivity contribution < 1.29 is 24.3 Å². The summed E-state index contributed by atoms with van der Waals surface area (Å²) in [4.78, 5) is 52.2. The molecule has 2 aliphatic rings. The Kier molecular flexibility index (Phi) is 5.15. The molecule has 1 aromatic rings. The van der Waals surface area contributed by atoms with Crippen molar-refractivity contribution in [1.29, 1.82) is 0 Å². The number of hydrogen-bond acceptors (Lipinski definition) is 6. The highest BCUT2D eigenvalue weighted by Crippen LogP contribution is 2.23. The molecular formula is C17H20N4O5. The number of nitrogens with one attached hydrogen (secondary N) is 2. The number of rotatable bonds is 4. The van der Waals surface area contributed by atoms with Crippen LogP contribution in [0.15, 0.2) is 18.3 Å². The quantitative estimate of drug-likeness (QED) is 0.640. The molecule has 26 heavy (non-hydrogen) atoms. The van der Waals surface area contributed by atoms with Gasteiger partial charge in [0.1, 0.15) is 11.7 Å². The minimum Gasteiger partial charge on any atom is -0.481 e. The minimum absolute atomic E-state index is 0.180. The topological polar surface area (TPSA) is 129 Å². The van der Waals surface area contributed by atoms with Crippen molar-refractivity contribution in [3.63, 3.8) is 0 Å². The summed E-state index contributed by atoms with van der Waals surface area (Å²) in [5.41, 5.74) is 1.00. The van der Waals surface area contributed by atoms with E-state index in [2.05, 4.69) is 15.6 Å². The Hall–Kier alpha value is -2.97. The molecular weight excluding hydrogens is 340 g/mol. The van der Waals surface area contributed by atoms with Crippen LogP contribution in [0.3, 0.4) is 0 Å². The number of carboxylic acid groups (broad SMARTS) is 1. The van der Waals surface area contributed by atoms with Crippen molar-refractivity contribution in [3.8, 4) is 0 Å². The van der Waals surface area contributed by atoms with Crippen LogP contribution in [0.1, 0.15) is 36.2 Å². The number of pyridine rings is 1. The van der Waals surface area contributed by atoms with Gasteiger partial charge in [0, 0.05) is 19.5 Å². The SMILES string of the molecule is O=C1CCC(NC(=O)c2ccc(N3CCC(C(=O)O)CC3)cn2)C(=O)N1. The summed E-state index contributed by atoms with van der Waals surface area (Å²) in [5.74, 6) is -2.39. The molecule has 1 atom stereocenters. The van der Waals surface area contributed by atoms with Crippen molar-refractivity contribution in [2.75, 3.05) is 18.0 Å². The van der Waals surface area contributed by atoms with Gasteiger partial charge in [-0.3, -0.25) is 24.5 Å². The lowest BCUT2D eigenvalue weighted by Gasteiger charge is -2.31. The first kappa shape index (κ1) is 17.8. The highest BCUT2D eigenvalue weighted by Gasteiger charge is 2.28. The van der Waals surface area contributed by atoms with E-state index >= 15 is 0 Å². The molecule has 3 N–H and O–H groups in total. The van der Waals surface area contributed by atoms with Gasteiger partial charge in [0.05, 0.1) is 17.8 Å². The van der Waals surface area contributed by atoms with Gasteiger partial charge in [-0.25, -0.2) is 4.98 Å². The second kappa shape index (κ2) is 7.51. The Morgan fingerprint density at radius 2 is 1.92 bits per heavy atom. The third kappa shape index (κ3) is 3.98. The standard InChI is InChI=1S/C17H20N4O5/c22-14-4-3-13(16(24)20-14)19-15(23)12-2-1-11(9-18-12)21-7-5-10(6-8-21)17(25)26/h1-2,9-10,13H,3-8H2,(H,19,23)(H,25,26)(H,20,22,24). The van der Waals surface area contributed by atoms with Crippen LogP contribution in [-0.2, 0) is 14.4 Å². The second-order valence-electron chi connectivity index (χ2n) is 6.48. The average molecular weight is 360 g/mol. The van der Waals surface area contributed by atoms with Crippen molar-refractivity contribution >= 4 is 29.4 Å². The number of carbonyl (C=O) groups is 4. The molecule has 1 unspecified atom stereocenters. The lowest BCUT2D eigenvalue weighted by atomic mass is 9.97. The maximum Gasteiger partial charge on any atom is 0.306 e. The molecule has 0 spiro atoms. The summed E-state index contributed by atoms with van der Waals surface area (Å²) < 4.78 is 0. The van der Waals surface area contributed by atoms with Crippen LogP contribution in [0.5, 0.6) is 0 Å². The summed E-state index contributed by atoms with van der Waals surface area (Å²) in [5, 5.41) is 13.8. The van der Waals surface area contributed by atoms with Crippen molar-refractivity contribution in [1.82, 2.24) is 15.6 Å². The normalized spacial score (nSPS) is 21.2. The smallest absolute Gasteiger partial charge is 0.306 e. The second-order valence-corrected chi connectivity index (χ2v) is 6.48. The van der Waals surface area contributed by atoms with Crippen LogP contribution in [-0.4, -0.2) is 52.9 Å². The van der Waals surface area contributed by atoms with Gasteiger partial charge in [-0.2, -0.15) is 0 Å². The molecule has 0 bridgehead atoms. The highest BCUT2D eigenvalue weighted by molar-refractivity contribution is 6.03. The zero-order valence-electron chi connectivity index (χ0n) is 14.1. The largest absolute Gasteiger partial charge is 0.481 e. The molecule has 2 saturated heterocycles. The molecule has 1 aromatic heterocycles. The molecule has 2 aliphatic heterocycles. The molecule has 3 amide bonds. The van der Waals surface area contributed by atoms with Crippen LogP contribution < -0.4 is 15.5 Å². The predicted octanol–water partition coefficient (Wildman–Crippen LogP) is -0.0824. The number of aliphatic carboxylic acids is 1. The number of carbonyl (C=O) groups excluding carboxylic acids is 3. The molecule has 9 nitrogen and oxygen atoms in total. The zero-order chi connectivity index (χ0) is 18.7. The van der Waals surface area contributed by atoms with Crippen LogP contribution in [0.4, 0.5) is 5.69 Å². The lowest BCUT2D eigenvalue weighted by molar-refractivity contribution is -0.142. The number of anilines is 1. The number of imide groups is 1. The van der Waals surface area contributed by atoms with Crippen molar-refractivity contribution in [2.24, 2.45) is 5.92 Å². The average Bonchev–Trinajstić information content (AvgIpc) is 2.64. The van der Waals surface area contributed by atoms with Gasteiger partial charge in [0.15, 0.2) is 0 Å². The Balaban J connectivity index is 1.57. The van der Waals surface area contributed by atoms with Gasteiger partial charge in [-0.1, -0.05) is 0 Å². The number of hydrogen-bond donors (Lipinski definition) is 3. The van der Waals surface area contributed by atoms with Gasteiger partial charge in [-0.05, 0) is 31.4 Å². The first-order valence-corrected chi connectivity index (χ1v) is 8.52. The lowest BCUT2D eigenvalue weighted by Crippen LogP contribution is -2.52. The van der Waals surface area contributed by atoms with Gasteiger partial charge < -0.3 is 15.3 Å². The molecule has 0 saturated carbocycles. The number of aromatic nitrogens is 1. The Morgan fingerprint density at radius 1 is 1.19 bits per heavy atom. The Morgan fingerprint density at radius 3 is 2.50 bits per heavy atom. The Bertz CT molecular complexity index is 725. The zero-order valence-corrected chi connectivity index (χ0v) is 14.1. The molecule has 3 heterocycles. The van der Waals surface area contributed by atoms with Crippen LogP contribution in [0.2, 0.25) is 0 Å². The van der Waals surface area contributed by atoms with E-state index < -0.39 is 23.8 Å². The maximum absolute atomic E-state index is 12.2. The van der Waals surface area contributed by atoms with E-state index in [-0.39, 0.29) is 30.4 Å². The summed E-state index contributed by atoms with van der Waals surface area (Å²) in [7, 11) is 0. The summed E-state index contributed by atoms with van der Waals surface area (Å²) >= 11 is 0. The van der Waals surface area contributed by atoms with Gasteiger partial charge in [0.25, 0.3) is 5.91 Å². The molecule has 0 aromatic carbocycles. The van der Waals surface area contributed by atoms with E-state index in [4.69, 9.17) is 5.11 Å². The van der Waals surface area contributed by atoms with Gasteiger partial charge in [0.2, 0.25) is 11.8 Å². The molecule has 2 fully saturated rings. The first-order chi connectivity index (χ1) is 12.4. The summed E-state index contributed by atoms with van der Waals surface area (Å²) in [6.07, 6.45) is 3.18. The highest BCUT2D eigenvalue weighted by atomic mass is 16.4. The van der Waals surface area contributed by atoms with E-state index in [0.717, 1.165) is 5.69 Å².